The summed E-state index contributed by atoms with van der Waals surface area (Å²) in [5.41, 5.74) is 9.84. The fourth-order valence-electron chi connectivity index (χ4n) is 3.40. The highest BCUT2D eigenvalue weighted by molar-refractivity contribution is 5.66. The van der Waals surface area contributed by atoms with Crippen molar-refractivity contribution >= 4 is 11.8 Å². The Hall–Kier alpha value is -2.23. The molecule has 3 rings (SSSR count). The molecule has 1 nitrogen and oxygen atoms in total. The molecule has 0 radical (unpaired) electrons. The smallest absolute Gasteiger partial charge is 0.123 e. The van der Waals surface area contributed by atoms with Gasteiger partial charge in [0.05, 0.1) is 0 Å². The van der Waals surface area contributed by atoms with E-state index < -0.39 is 0 Å². The number of nitrogen functional groups attached to an aromatic ring is 1. The second-order valence-electron chi connectivity index (χ2n) is 6.67. The lowest BCUT2D eigenvalue weighted by Gasteiger charge is -2.19. The molecule has 0 amide bonds. The molecule has 2 N–H and O–H groups in total. The first-order valence-corrected chi connectivity index (χ1v) is 10.9. The van der Waals surface area contributed by atoms with Crippen LogP contribution in [0.25, 0.3) is 6.08 Å². The van der Waals surface area contributed by atoms with Crippen molar-refractivity contribution in [3.8, 4) is 0 Å². The van der Waals surface area contributed by atoms with Gasteiger partial charge in [0.1, 0.15) is 5.82 Å². The van der Waals surface area contributed by atoms with E-state index in [0.717, 1.165) is 28.3 Å². The number of halogens is 3. The van der Waals surface area contributed by atoms with Crippen molar-refractivity contribution in [2.24, 2.45) is 5.92 Å². The Kier molecular flexibility index (Phi) is 18.8. The molecule has 1 aliphatic rings. The predicted octanol–water partition coefficient (Wildman–Crippen LogP) is 9.23. The molecule has 1 fully saturated rings. The zero-order chi connectivity index (χ0) is 23.5. The maximum Gasteiger partial charge on any atom is 0.123 e. The molecule has 1 aliphatic carbocycles. The highest BCUT2D eigenvalue weighted by Crippen LogP contribution is 2.36. The lowest BCUT2D eigenvalue weighted by atomic mass is 9.86. The van der Waals surface area contributed by atoms with E-state index in [9.17, 15) is 4.39 Å². The lowest BCUT2D eigenvalue weighted by molar-refractivity contribution is 0.108. The average molecular weight is 424 g/mol. The van der Waals surface area contributed by atoms with E-state index in [-0.39, 0.29) is 5.82 Å². The molecule has 2 aromatic rings. The van der Waals surface area contributed by atoms with Gasteiger partial charge in [0, 0.05) is 14.8 Å². The van der Waals surface area contributed by atoms with Crippen LogP contribution in [0.3, 0.4) is 0 Å². The molecular weight excluding hydrogens is 383 g/mol. The van der Waals surface area contributed by atoms with Crippen molar-refractivity contribution in [3.63, 3.8) is 0 Å². The Morgan fingerprint density at radius 2 is 1.53 bits per heavy atom. The largest absolute Gasteiger partial charge is 0.398 e. The summed E-state index contributed by atoms with van der Waals surface area (Å²) in [6.45, 7) is 15.9. The van der Waals surface area contributed by atoms with Crippen LogP contribution in [0.2, 0.25) is 0 Å². The van der Waals surface area contributed by atoms with Crippen LogP contribution < -0.4 is 5.73 Å². The topological polar surface area (TPSA) is 26.0 Å². The van der Waals surface area contributed by atoms with Gasteiger partial charge >= 0.3 is 0 Å². The Morgan fingerprint density at radius 1 is 1.00 bits per heavy atom. The number of anilines is 1. The van der Waals surface area contributed by atoms with Crippen molar-refractivity contribution in [1.82, 2.24) is 0 Å². The van der Waals surface area contributed by atoms with Crippen LogP contribution in [0.15, 0.2) is 49.0 Å². The molecule has 2 aromatic carbocycles. The summed E-state index contributed by atoms with van der Waals surface area (Å²) in [4.78, 5) is 0. The normalized spacial score (nSPS) is 13.0. The molecule has 1 atom stereocenters. The minimum absolute atomic E-state index is 0.104. The molecule has 4 heteroatoms. The third-order valence-corrected chi connectivity index (χ3v) is 5.06. The van der Waals surface area contributed by atoms with E-state index in [4.69, 9.17) is 14.9 Å². The average Bonchev–Trinajstić information content (AvgIpc) is 3.35. The number of rotatable bonds is 3. The molecule has 1 saturated carbocycles. The predicted molar refractivity (Wildman–Crippen MR) is 127 cm³/mol. The minimum Gasteiger partial charge on any atom is -0.398 e. The van der Waals surface area contributed by atoms with Crippen molar-refractivity contribution in [2.45, 2.75) is 73.1 Å². The molecule has 0 aromatic heterocycles. The van der Waals surface area contributed by atoms with Crippen LogP contribution in [0.5, 0.6) is 0 Å². The van der Waals surface area contributed by atoms with Crippen molar-refractivity contribution in [1.29, 1.82) is 0 Å². The first-order valence-electron chi connectivity index (χ1n) is 10.9. The van der Waals surface area contributed by atoms with Crippen LogP contribution in [0.4, 0.5) is 19.2 Å². The minimum atomic E-state index is -0.104. The third kappa shape index (κ3) is 10.5. The van der Waals surface area contributed by atoms with E-state index in [0.29, 0.717) is 5.92 Å². The van der Waals surface area contributed by atoms with Gasteiger partial charge in [-0.2, -0.15) is 0 Å². The van der Waals surface area contributed by atoms with Gasteiger partial charge in [0.15, 0.2) is 0 Å². The zero-order valence-electron chi connectivity index (χ0n) is 19.5. The highest BCUT2D eigenvalue weighted by atomic mass is 20.0. The van der Waals surface area contributed by atoms with Gasteiger partial charge < -0.3 is 5.73 Å². The summed E-state index contributed by atoms with van der Waals surface area (Å²) < 4.78 is 29.0. The fourth-order valence-corrected chi connectivity index (χ4v) is 3.40. The van der Waals surface area contributed by atoms with Gasteiger partial charge in [0.2, 0.25) is 0 Å². The molecule has 0 saturated heterocycles. The van der Waals surface area contributed by atoms with E-state index >= 15 is 0 Å². The Morgan fingerprint density at radius 3 is 2.00 bits per heavy atom. The van der Waals surface area contributed by atoms with Gasteiger partial charge in [0.25, 0.3) is 0 Å². The number of para-hydroxylation sites is 1. The van der Waals surface area contributed by atoms with Gasteiger partial charge in [-0.25, -0.2) is 4.39 Å². The zero-order valence-corrected chi connectivity index (χ0v) is 19.5. The van der Waals surface area contributed by atoms with Crippen molar-refractivity contribution < 1.29 is 13.5 Å². The van der Waals surface area contributed by atoms with Crippen LogP contribution in [0.1, 0.15) is 82.9 Å². The van der Waals surface area contributed by atoms with Crippen molar-refractivity contribution in [3.05, 3.63) is 71.6 Å². The standard InChI is InChI=1S/C13H17F.C9H11N.2C2H6.F2/c1-10(11-5-2-3-6-11)12-7-4-8-13(14)9-12;1-3-8-6-4-5-7(2)9(8)10;3*1-2/h4,7-11H,2-3,5-6H2,1H3;3-6H,1,10H2,2H3;2*1-2H3;. The quantitative estimate of drug-likeness (QED) is 0.489. The van der Waals surface area contributed by atoms with E-state index in [1.54, 1.807) is 12.1 Å². The number of hydrogen-bond acceptors (Lipinski definition) is 1. The number of aryl methyl sites for hydroxylation is 1. The second-order valence-corrected chi connectivity index (χ2v) is 6.67. The number of benzene rings is 2. The molecule has 1 unspecified atom stereocenters. The van der Waals surface area contributed by atoms with Gasteiger partial charge in [-0.3, -0.25) is 0 Å². The highest BCUT2D eigenvalue weighted by Gasteiger charge is 2.22. The Labute approximate surface area is 182 Å². The SMILES string of the molecule is C=Cc1cccc(C)c1N.CC.CC.CC(c1cccc(F)c1)C1CCCC1.FF. The lowest BCUT2D eigenvalue weighted by Crippen LogP contribution is -2.05. The summed E-state index contributed by atoms with van der Waals surface area (Å²) in [5, 5.41) is 0. The van der Waals surface area contributed by atoms with E-state index in [1.807, 2.05) is 65.0 Å². The van der Waals surface area contributed by atoms with Gasteiger partial charge in [-0.1, -0.05) is 90.4 Å². The molecule has 0 bridgehead atoms. The van der Waals surface area contributed by atoms with Gasteiger partial charge in [-0.15, -0.1) is 0 Å². The first-order chi connectivity index (χ1) is 14.5. The monoisotopic (exact) mass is 423 g/mol. The summed E-state index contributed by atoms with van der Waals surface area (Å²) in [6, 6.07) is 13.0. The van der Waals surface area contributed by atoms with Gasteiger partial charge in [-0.05, 0) is 60.4 Å². The summed E-state index contributed by atoms with van der Waals surface area (Å²) in [6.07, 6.45) is 7.10. The van der Waals surface area contributed by atoms with Crippen LogP contribution in [-0.2, 0) is 0 Å². The summed E-state index contributed by atoms with van der Waals surface area (Å²) >= 11 is 0. The Bertz CT molecular complexity index is 680. The second kappa shape index (κ2) is 18.8. The summed E-state index contributed by atoms with van der Waals surface area (Å²) in [7, 11) is 0. The first kappa shape index (κ1) is 30.0. The number of hydrogen-bond donors (Lipinski definition) is 1. The molecule has 30 heavy (non-hydrogen) atoms. The van der Waals surface area contributed by atoms with Crippen molar-refractivity contribution in [2.75, 3.05) is 5.73 Å². The third-order valence-electron chi connectivity index (χ3n) is 5.06. The Balaban J connectivity index is 0. The van der Waals surface area contributed by atoms with Crippen LogP contribution >= 0.6 is 0 Å². The molecule has 0 heterocycles. The maximum atomic E-state index is 13.0. The molecular formula is C26H40F3N. The van der Waals surface area contributed by atoms with E-state index in [1.165, 1.54) is 31.7 Å². The summed E-state index contributed by atoms with van der Waals surface area (Å²) in [5.74, 6) is 1.19. The number of nitrogens with two attached hydrogens (primary N) is 1. The maximum absolute atomic E-state index is 13.0. The fraction of sp³-hybridized carbons (Fsp3) is 0.462. The molecule has 0 spiro atoms. The molecule has 170 valence electrons. The van der Waals surface area contributed by atoms with E-state index in [2.05, 4.69) is 13.5 Å². The van der Waals surface area contributed by atoms with Crippen LogP contribution in [-0.4, -0.2) is 0 Å². The van der Waals surface area contributed by atoms with Crippen LogP contribution in [0, 0.1) is 18.7 Å². The molecule has 0 aliphatic heterocycles.